The number of halogens is 1. The van der Waals surface area contributed by atoms with Gasteiger partial charge in [0.2, 0.25) is 17.8 Å². The molecule has 11 heteroatoms. The van der Waals surface area contributed by atoms with E-state index in [0.717, 1.165) is 72.5 Å². The number of anilines is 6. The number of pyridine rings is 1. The molecule has 10 nitrogen and oxygen atoms in total. The first kappa shape index (κ1) is 25.6. The Labute approximate surface area is 231 Å². The van der Waals surface area contributed by atoms with Crippen molar-refractivity contribution in [2.45, 2.75) is 39.0 Å². The minimum atomic E-state index is -0.447. The van der Waals surface area contributed by atoms with Crippen LogP contribution in [0.1, 0.15) is 36.0 Å². The first-order valence-electron chi connectivity index (χ1n) is 13.5. The summed E-state index contributed by atoms with van der Waals surface area (Å²) in [6.45, 7) is 3.43. The second-order valence-corrected chi connectivity index (χ2v) is 10.3. The Kier molecular flexibility index (Phi) is 7.17. The van der Waals surface area contributed by atoms with Crippen LogP contribution in [-0.2, 0) is 17.6 Å². The van der Waals surface area contributed by atoms with E-state index >= 15 is 0 Å². The molecule has 6 bridgehead atoms. The Hall–Kier alpha value is -4.67. The topological polar surface area (TPSA) is 121 Å². The number of aromatic nitrogens is 5. The smallest absolute Gasteiger partial charge is 0.229 e. The summed E-state index contributed by atoms with van der Waals surface area (Å²) in [5.41, 5.74) is 5.55. The quantitative estimate of drug-likeness (QED) is 0.331. The van der Waals surface area contributed by atoms with Crippen molar-refractivity contribution in [3.05, 3.63) is 77.8 Å². The zero-order valence-electron chi connectivity index (χ0n) is 22.2. The monoisotopic (exact) mass is 539 g/mol. The lowest BCUT2D eigenvalue weighted by Crippen LogP contribution is -2.36. The Morgan fingerprint density at radius 3 is 2.65 bits per heavy atom. The molecule has 0 aliphatic carbocycles. The van der Waals surface area contributed by atoms with E-state index in [2.05, 4.69) is 46.9 Å². The van der Waals surface area contributed by atoms with Crippen molar-refractivity contribution < 1.29 is 9.18 Å². The lowest BCUT2D eigenvalue weighted by Gasteiger charge is -2.31. The van der Waals surface area contributed by atoms with Gasteiger partial charge < -0.3 is 20.9 Å². The molecule has 204 valence electrons. The third-order valence-electron chi connectivity index (χ3n) is 7.33. The van der Waals surface area contributed by atoms with Crippen LogP contribution in [0.15, 0.2) is 55.2 Å². The normalized spacial score (nSPS) is 15.1. The number of aryl methyl sites for hydroxylation is 3. The van der Waals surface area contributed by atoms with Crippen LogP contribution in [0.3, 0.4) is 0 Å². The Morgan fingerprint density at radius 1 is 1.00 bits per heavy atom. The van der Waals surface area contributed by atoms with Crippen LogP contribution in [0.2, 0.25) is 0 Å². The molecule has 0 radical (unpaired) electrons. The van der Waals surface area contributed by atoms with Crippen molar-refractivity contribution in [2.24, 2.45) is 5.92 Å². The number of piperidine rings is 1. The Morgan fingerprint density at radius 2 is 1.82 bits per heavy atom. The molecule has 1 fully saturated rings. The van der Waals surface area contributed by atoms with E-state index in [-0.39, 0.29) is 11.8 Å². The summed E-state index contributed by atoms with van der Waals surface area (Å²) < 4.78 is 13.2. The van der Waals surface area contributed by atoms with Gasteiger partial charge in [0.1, 0.15) is 5.82 Å². The number of carbonyl (C=O) groups is 1. The Bertz CT molecular complexity index is 1520. The summed E-state index contributed by atoms with van der Waals surface area (Å²) in [5, 5.41) is 9.82. The average molecular weight is 540 g/mol. The van der Waals surface area contributed by atoms with Gasteiger partial charge in [-0.2, -0.15) is 4.98 Å². The zero-order valence-corrected chi connectivity index (χ0v) is 22.2. The molecule has 0 atom stereocenters. The molecule has 0 spiro atoms. The third-order valence-corrected chi connectivity index (χ3v) is 7.33. The number of hydrogen-bond acceptors (Lipinski definition) is 9. The summed E-state index contributed by atoms with van der Waals surface area (Å²) in [6, 6.07) is 8.03. The maximum absolute atomic E-state index is 13.2. The summed E-state index contributed by atoms with van der Waals surface area (Å²) in [4.78, 5) is 36.8. The van der Waals surface area contributed by atoms with Crippen molar-refractivity contribution in [3.8, 4) is 0 Å². The molecule has 5 heterocycles. The van der Waals surface area contributed by atoms with E-state index in [1.807, 2.05) is 36.2 Å². The van der Waals surface area contributed by atoms with Crippen LogP contribution in [-0.4, -0.2) is 43.9 Å². The second-order valence-electron chi connectivity index (χ2n) is 10.3. The number of hydrogen-bond donors (Lipinski definition) is 3. The molecule has 1 amide bonds. The molecule has 6 rings (SSSR count). The van der Waals surface area contributed by atoms with Crippen LogP contribution in [0, 0.1) is 18.7 Å². The van der Waals surface area contributed by atoms with E-state index in [4.69, 9.17) is 0 Å². The van der Waals surface area contributed by atoms with Crippen molar-refractivity contribution in [1.82, 2.24) is 24.9 Å². The molecule has 1 saturated heterocycles. The molecular formula is C29H30FN9O. The highest BCUT2D eigenvalue weighted by Gasteiger charge is 2.23. The van der Waals surface area contributed by atoms with Gasteiger partial charge >= 0.3 is 0 Å². The van der Waals surface area contributed by atoms with Gasteiger partial charge in [-0.3, -0.25) is 9.78 Å². The van der Waals surface area contributed by atoms with Crippen LogP contribution in [0.25, 0.3) is 0 Å². The van der Waals surface area contributed by atoms with Gasteiger partial charge in [0.05, 0.1) is 24.3 Å². The number of nitrogens with zero attached hydrogens (tertiary/aromatic N) is 6. The van der Waals surface area contributed by atoms with Crippen molar-refractivity contribution in [2.75, 3.05) is 33.9 Å². The predicted octanol–water partition coefficient (Wildman–Crippen LogP) is 4.94. The maximum atomic E-state index is 13.2. The molecule has 0 unspecified atom stereocenters. The molecule has 1 aromatic carbocycles. The molecule has 3 N–H and O–H groups in total. The van der Waals surface area contributed by atoms with Crippen LogP contribution in [0.5, 0.6) is 0 Å². The van der Waals surface area contributed by atoms with E-state index in [9.17, 15) is 9.18 Å². The molecular weight excluding hydrogens is 509 g/mol. The molecule has 4 aromatic rings. The number of carbonyl (C=O) groups excluding carboxylic acids is 1. The minimum Gasteiger partial charge on any atom is -0.341 e. The minimum absolute atomic E-state index is 0.000471. The largest absolute Gasteiger partial charge is 0.341 e. The van der Waals surface area contributed by atoms with Gasteiger partial charge in [-0.15, -0.1) is 0 Å². The fraction of sp³-hybridized carbons (Fsp3) is 0.310. The van der Waals surface area contributed by atoms with Gasteiger partial charge in [0.25, 0.3) is 0 Å². The number of nitrogens with one attached hydrogen (secondary N) is 3. The summed E-state index contributed by atoms with van der Waals surface area (Å²) in [6.07, 6.45) is 11.4. The number of benzene rings is 1. The zero-order chi connectivity index (χ0) is 27.5. The summed E-state index contributed by atoms with van der Waals surface area (Å²) in [5.74, 6) is 1.55. The van der Waals surface area contributed by atoms with Crippen LogP contribution >= 0.6 is 0 Å². The van der Waals surface area contributed by atoms with Gasteiger partial charge in [-0.1, -0.05) is 0 Å². The number of rotatable bonds is 4. The third kappa shape index (κ3) is 5.98. The fourth-order valence-electron chi connectivity index (χ4n) is 5.14. The van der Waals surface area contributed by atoms with Gasteiger partial charge in [0.15, 0.2) is 5.82 Å². The Balaban J connectivity index is 1.16. The van der Waals surface area contributed by atoms with Gasteiger partial charge in [-0.05, 0) is 73.9 Å². The van der Waals surface area contributed by atoms with E-state index in [0.29, 0.717) is 24.1 Å². The van der Waals surface area contributed by atoms with Crippen molar-refractivity contribution >= 4 is 40.7 Å². The highest BCUT2D eigenvalue weighted by molar-refractivity contribution is 5.92. The van der Waals surface area contributed by atoms with E-state index in [1.165, 1.54) is 12.4 Å². The molecule has 0 saturated carbocycles. The predicted molar refractivity (Wildman–Crippen MR) is 152 cm³/mol. The van der Waals surface area contributed by atoms with Crippen molar-refractivity contribution in [1.29, 1.82) is 0 Å². The van der Waals surface area contributed by atoms with Crippen LogP contribution < -0.4 is 20.9 Å². The SMILES string of the molecule is Cc1cnc2nc1Nc1ccc(NC(=O)CC3CCN(c4ncc(F)cn4)CC3)c(c1)CCc1cncc(c1)N2. The average Bonchev–Trinajstić information content (AvgIpc) is 2.96. The fourth-order valence-corrected chi connectivity index (χ4v) is 5.14. The first-order valence-corrected chi connectivity index (χ1v) is 13.5. The van der Waals surface area contributed by atoms with Crippen molar-refractivity contribution in [3.63, 3.8) is 0 Å². The van der Waals surface area contributed by atoms with Gasteiger partial charge in [0, 0.05) is 48.8 Å². The second kappa shape index (κ2) is 11.2. The van der Waals surface area contributed by atoms with Gasteiger partial charge in [-0.25, -0.2) is 19.3 Å². The number of amides is 1. The number of fused-ring (bicyclic) bond motifs is 6. The maximum Gasteiger partial charge on any atom is 0.229 e. The standard InChI is InChI=1S/C29H30FN9O/c1-18-13-32-28-36-24-10-20(14-31-17-24)2-3-21-12-23(35-27(18)38-28)4-5-25(21)37-26(40)11-19-6-8-39(9-7-19)29-33-15-22(30)16-34-29/h4-5,10,12-17,19H,2-3,6-9,11H2,1H3,(H,37,40)(H2,32,35,36,38). The lowest BCUT2D eigenvalue weighted by atomic mass is 9.93. The molecule has 2 aliphatic rings. The summed E-state index contributed by atoms with van der Waals surface area (Å²) >= 11 is 0. The highest BCUT2D eigenvalue weighted by Crippen LogP contribution is 2.29. The van der Waals surface area contributed by atoms with E-state index < -0.39 is 5.82 Å². The summed E-state index contributed by atoms with van der Waals surface area (Å²) in [7, 11) is 0. The molecule has 40 heavy (non-hydrogen) atoms. The molecule has 3 aromatic heterocycles. The van der Waals surface area contributed by atoms with E-state index in [1.54, 1.807) is 12.4 Å². The lowest BCUT2D eigenvalue weighted by molar-refractivity contribution is -0.117. The first-order chi connectivity index (χ1) is 19.5. The highest BCUT2D eigenvalue weighted by atomic mass is 19.1. The molecule has 2 aliphatic heterocycles. The van der Waals surface area contributed by atoms with Crippen LogP contribution in [0.4, 0.5) is 39.2 Å².